The quantitative estimate of drug-likeness (QED) is 0.662. The van der Waals surface area contributed by atoms with Gasteiger partial charge in [0.25, 0.3) is 0 Å². The molecule has 0 bridgehead atoms. The molecule has 0 amide bonds. The number of aromatic nitrogens is 4. The van der Waals surface area contributed by atoms with E-state index in [-0.39, 0.29) is 23.3 Å². The summed E-state index contributed by atoms with van der Waals surface area (Å²) in [6, 6.07) is 6.00. The highest BCUT2D eigenvalue weighted by molar-refractivity contribution is 5.90. The Morgan fingerprint density at radius 3 is 2.77 bits per heavy atom. The fraction of sp³-hybridized carbons (Fsp3) is 0.476. The van der Waals surface area contributed by atoms with Crippen molar-refractivity contribution in [2.45, 2.75) is 38.9 Å². The number of hydrogen-bond acceptors (Lipinski definition) is 5. The van der Waals surface area contributed by atoms with Crippen molar-refractivity contribution < 1.29 is 13.2 Å². The summed E-state index contributed by atoms with van der Waals surface area (Å²) in [4.78, 5) is 10.6. The molecule has 1 aliphatic rings. The molecule has 2 atom stereocenters. The summed E-state index contributed by atoms with van der Waals surface area (Å²) in [7, 11) is 0. The van der Waals surface area contributed by atoms with E-state index in [0.29, 0.717) is 35.9 Å². The highest BCUT2D eigenvalue weighted by atomic mass is 19.4. The minimum Gasteiger partial charge on any atom is -0.356 e. The SMILES string of the molecule is CC(C)C[C@@H]1CN(c2ccc(C(F)(F)F)c(-c3n[nH]c4ncccc34)n2)CCC1N. The fourth-order valence-corrected chi connectivity index (χ4v) is 4.18. The summed E-state index contributed by atoms with van der Waals surface area (Å²) in [6.45, 7) is 5.64. The summed E-state index contributed by atoms with van der Waals surface area (Å²) in [5, 5.41) is 7.31. The summed E-state index contributed by atoms with van der Waals surface area (Å²) in [5.74, 6) is 1.29. The van der Waals surface area contributed by atoms with Gasteiger partial charge in [-0.25, -0.2) is 9.97 Å². The highest BCUT2D eigenvalue weighted by Crippen LogP contribution is 2.39. The van der Waals surface area contributed by atoms with E-state index in [1.54, 1.807) is 18.3 Å². The monoisotopic (exact) mass is 418 g/mol. The van der Waals surface area contributed by atoms with Gasteiger partial charge in [0, 0.05) is 30.7 Å². The maximum Gasteiger partial charge on any atom is 0.418 e. The number of nitrogens with zero attached hydrogens (tertiary/aromatic N) is 4. The number of aromatic amines is 1. The summed E-state index contributed by atoms with van der Waals surface area (Å²) >= 11 is 0. The molecule has 160 valence electrons. The smallest absolute Gasteiger partial charge is 0.356 e. The molecule has 6 nitrogen and oxygen atoms in total. The van der Waals surface area contributed by atoms with Crippen molar-refractivity contribution in [3.63, 3.8) is 0 Å². The van der Waals surface area contributed by atoms with Gasteiger partial charge in [-0.2, -0.15) is 18.3 Å². The van der Waals surface area contributed by atoms with Gasteiger partial charge in [0.2, 0.25) is 0 Å². The number of nitrogens with one attached hydrogen (secondary N) is 1. The van der Waals surface area contributed by atoms with Crippen LogP contribution in [0.4, 0.5) is 19.0 Å². The third-order valence-electron chi connectivity index (χ3n) is 5.64. The molecule has 0 saturated carbocycles. The number of rotatable bonds is 4. The van der Waals surface area contributed by atoms with Crippen LogP contribution in [0.15, 0.2) is 30.5 Å². The molecular formula is C21H25F3N6. The van der Waals surface area contributed by atoms with Gasteiger partial charge in [-0.05, 0) is 48.9 Å². The minimum atomic E-state index is -4.54. The Kier molecular flexibility index (Phi) is 5.40. The van der Waals surface area contributed by atoms with Gasteiger partial charge in [-0.1, -0.05) is 13.8 Å². The first-order valence-corrected chi connectivity index (χ1v) is 10.1. The van der Waals surface area contributed by atoms with Crippen molar-refractivity contribution in [1.82, 2.24) is 20.2 Å². The van der Waals surface area contributed by atoms with Crippen LogP contribution in [0, 0.1) is 11.8 Å². The van der Waals surface area contributed by atoms with Crippen molar-refractivity contribution in [2.24, 2.45) is 17.6 Å². The first kappa shape index (κ1) is 20.6. The van der Waals surface area contributed by atoms with Gasteiger partial charge < -0.3 is 10.6 Å². The maximum absolute atomic E-state index is 13.7. The Labute approximate surface area is 172 Å². The van der Waals surface area contributed by atoms with Crippen LogP contribution in [-0.2, 0) is 6.18 Å². The molecule has 4 heterocycles. The molecule has 3 aromatic rings. The number of fused-ring (bicyclic) bond motifs is 1. The first-order chi connectivity index (χ1) is 14.2. The van der Waals surface area contributed by atoms with Gasteiger partial charge >= 0.3 is 6.18 Å². The normalized spacial score (nSPS) is 20.3. The number of nitrogens with two attached hydrogens (primary N) is 1. The van der Waals surface area contributed by atoms with Crippen molar-refractivity contribution >= 4 is 16.9 Å². The lowest BCUT2D eigenvalue weighted by atomic mass is 9.86. The zero-order chi connectivity index (χ0) is 21.5. The molecular weight excluding hydrogens is 393 g/mol. The fourth-order valence-electron chi connectivity index (χ4n) is 4.18. The predicted molar refractivity (Wildman–Crippen MR) is 110 cm³/mol. The van der Waals surface area contributed by atoms with Crippen molar-refractivity contribution in [3.8, 4) is 11.4 Å². The maximum atomic E-state index is 13.7. The van der Waals surface area contributed by atoms with Gasteiger partial charge in [-0.15, -0.1) is 0 Å². The van der Waals surface area contributed by atoms with Crippen LogP contribution in [0.25, 0.3) is 22.4 Å². The van der Waals surface area contributed by atoms with E-state index in [9.17, 15) is 13.2 Å². The molecule has 1 aliphatic heterocycles. The molecule has 9 heteroatoms. The van der Waals surface area contributed by atoms with Gasteiger partial charge in [0.15, 0.2) is 5.65 Å². The predicted octanol–water partition coefficient (Wildman–Crippen LogP) is 4.24. The zero-order valence-electron chi connectivity index (χ0n) is 16.9. The number of anilines is 1. The molecule has 0 radical (unpaired) electrons. The van der Waals surface area contributed by atoms with Gasteiger partial charge in [-0.3, -0.25) is 5.10 Å². The zero-order valence-corrected chi connectivity index (χ0v) is 16.9. The number of H-pyrrole nitrogens is 1. The molecule has 4 rings (SSSR count). The molecule has 1 unspecified atom stereocenters. The van der Waals surface area contributed by atoms with Crippen LogP contribution < -0.4 is 10.6 Å². The number of hydrogen-bond donors (Lipinski definition) is 2. The average molecular weight is 418 g/mol. The standard InChI is InChI=1S/C21H25F3N6/c1-12(2)10-13-11-30(9-7-16(13)25)17-6-5-15(21(22,23)24)19(27-17)18-14-4-3-8-26-20(14)29-28-18/h3-6,8,12-13,16H,7,9-11,25H2,1-2H3,(H,26,28,29)/t13-,16?/m1/s1. The average Bonchev–Trinajstić information content (AvgIpc) is 3.12. The molecule has 3 N–H and O–H groups in total. The van der Waals surface area contributed by atoms with E-state index in [0.717, 1.165) is 18.9 Å². The lowest BCUT2D eigenvalue weighted by Crippen LogP contribution is -2.47. The van der Waals surface area contributed by atoms with E-state index < -0.39 is 11.7 Å². The topological polar surface area (TPSA) is 83.7 Å². The van der Waals surface area contributed by atoms with Crippen LogP contribution in [0.1, 0.15) is 32.3 Å². The van der Waals surface area contributed by atoms with Crippen LogP contribution in [-0.4, -0.2) is 39.3 Å². The second kappa shape index (κ2) is 7.86. The second-order valence-electron chi connectivity index (χ2n) is 8.32. The van der Waals surface area contributed by atoms with E-state index in [1.165, 1.54) is 6.07 Å². The first-order valence-electron chi connectivity index (χ1n) is 10.1. The van der Waals surface area contributed by atoms with Crippen LogP contribution >= 0.6 is 0 Å². The molecule has 1 saturated heterocycles. The number of pyridine rings is 2. The third kappa shape index (κ3) is 3.98. The summed E-state index contributed by atoms with van der Waals surface area (Å²) in [5.41, 5.74) is 5.88. The van der Waals surface area contributed by atoms with E-state index in [4.69, 9.17) is 5.73 Å². The Bertz CT molecular complexity index is 1030. The molecule has 0 aromatic carbocycles. The molecule has 3 aromatic heterocycles. The van der Waals surface area contributed by atoms with Crippen LogP contribution in [0.2, 0.25) is 0 Å². The lowest BCUT2D eigenvalue weighted by Gasteiger charge is -2.38. The number of piperidine rings is 1. The molecule has 0 spiro atoms. The van der Waals surface area contributed by atoms with Crippen molar-refractivity contribution in [3.05, 3.63) is 36.0 Å². The Balaban J connectivity index is 1.76. The highest BCUT2D eigenvalue weighted by Gasteiger charge is 2.37. The largest absolute Gasteiger partial charge is 0.418 e. The van der Waals surface area contributed by atoms with E-state index >= 15 is 0 Å². The summed E-state index contributed by atoms with van der Waals surface area (Å²) < 4.78 is 41.2. The molecule has 1 fully saturated rings. The van der Waals surface area contributed by atoms with Crippen LogP contribution in [0.5, 0.6) is 0 Å². The van der Waals surface area contributed by atoms with Crippen LogP contribution in [0.3, 0.4) is 0 Å². The Morgan fingerprint density at radius 1 is 1.23 bits per heavy atom. The van der Waals surface area contributed by atoms with E-state index in [1.807, 2.05) is 4.90 Å². The second-order valence-corrected chi connectivity index (χ2v) is 8.32. The number of alkyl halides is 3. The summed E-state index contributed by atoms with van der Waals surface area (Å²) in [6.07, 6.45) is -1.23. The lowest BCUT2D eigenvalue weighted by molar-refractivity contribution is -0.137. The van der Waals surface area contributed by atoms with Gasteiger partial charge in [0.05, 0.1) is 5.56 Å². The molecule has 30 heavy (non-hydrogen) atoms. The van der Waals surface area contributed by atoms with E-state index in [2.05, 4.69) is 34.0 Å². The number of halogens is 3. The third-order valence-corrected chi connectivity index (χ3v) is 5.64. The molecule has 0 aliphatic carbocycles. The minimum absolute atomic E-state index is 0.0962. The van der Waals surface area contributed by atoms with Crippen molar-refractivity contribution in [1.29, 1.82) is 0 Å². The Morgan fingerprint density at radius 2 is 2.03 bits per heavy atom. The van der Waals surface area contributed by atoms with Gasteiger partial charge in [0.1, 0.15) is 17.2 Å². The van der Waals surface area contributed by atoms with Crippen molar-refractivity contribution in [2.75, 3.05) is 18.0 Å². The Hall–Kier alpha value is -2.68.